The van der Waals surface area contributed by atoms with Crippen molar-refractivity contribution in [3.05, 3.63) is 78.6 Å². The number of benzene rings is 1. The van der Waals surface area contributed by atoms with Crippen LogP contribution < -0.4 is 5.32 Å². The number of hydrogen-bond acceptors (Lipinski definition) is 5. The van der Waals surface area contributed by atoms with Crippen LogP contribution in [0.25, 0.3) is 17.1 Å². The molecule has 4 rings (SSSR count). The predicted molar refractivity (Wildman–Crippen MR) is 94.3 cm³/mol. The van der Waals surface area contributed by atoms with Crippen molar-refractivity contribution in [2.75, 3.05) is 0 Å². The molecule has 26 heavy (non-hydrogen) atoms. The van der Waals surface area contributed by atoms with Crippen LogP contribution in [0.15, 0.2) is 67.5 Å². The monoisotopic (exact) mass is 345 g/mol. The van der Waals surface area contributed by atoms with E-state index in [4.69, 9.17) is 0 Å². The van der Waals surface area contributed by atoms with Crippen LogP contribution in [0.4, 0.5) is 0 Å². The number of hydrogen-bond donors (Lipinski definition) is 2. The third-order valence-electron chi connectivity index (χ3n) is 3.89. The standard InChI is InChI=1S/C18H15N7O/c26-18(15-2-1-8-20-17(15)25-12-19-11-23-25)21-10-13-3-5-14(6-4-13)16-7-9-22-24-16/h1-9,11-12H,10H2,(H,21,26)(H,22,24). The Bertz CT molecular complexity index is 992. The van der Waals surface area contributed by atoms with Crippen molar-refractivity contribution >= 4 is 5.91 Å². The number of carbonyl (C=O) groups is 1. The van der Waals surface area contributed by atoms with Crippen LogP contribution in [-0.2, 0) is 6.54 Å². The van der Waals surface area contributed by atoms with Crippen molar-refractivity contribution in [1.82, 2.24) is 35.3 Å². The summed E-state index contributed by atoms with van der Waals surface area (Å²) in [7, 11) is 0. The molecular weight excluding hydrogens is 330 g/mol. The van der Waals surface area contributed by atoms with Crippen LogP contribution in [0.1, 0.15) is 15.9 Å². The van der Waals surface area contributed by atoms with Crippen LogP contribution in [0, 0.1) is 0 Å². The second kappa shape index (κ2) is 6.98. The molecule has 1 amide bonds. The van der Waals surface area contributed by atoms with Crippen molar-refractivity contribution in [2.24, 2.45) is 0 Å². The minimum absolute atomic E-state index is 0.221. The summed E-state index contributed by atoms with van der Waals surface area (Å²) in [6.45, 7) is 0.410. The fourth-order valence-corrected chi connectivity index (χ4v) is 2.57. The number of aromatic nitrogens is 6. The summed E-state index contributed by atoms with van der Waals surface area (Å²) < 4.78 is 1.47. The van der Waals surface area contributed by atoms with Gasteiger partial charge in [0.2, 0.25) is 0 Å². The highest BCUT2D eigenvalue weighted by atomic mass is 16.1. The lowest BCUT2D eigenvalue weighted by Crippen LogP contribution is -2.24. The van der Waals surface area contributed by atoms with Gasteiger partial charge in [0.15, 0.2) is 5.82 Å². The van der Waals surface area contributed by atoms with E-state index in [0.29, 0.717) is 17.9 Å². The molecule has 4 aromatic rings. The predicted octanol–water partition coefficient (Wildman–Crippen LogP) is 1.98. The van der Waals surface area contributed by atoms with Crippen molar-refractivity contribution in [1.29, 1.82) is 0 Å². The Balaban J connectivity index is 1.46. The smallest absolute Gasteiger partial charge is 0.255 e. The number of amides is 1. The van der Waals surface area contributed by atoms with E-state index in [1.54, 1.807) is 24.5 Å². The van der Waals surface area contributed by atoms with Crippen molar-refractivity contribution in [2.45, 2.75) is 6.54 Å². The minimum Gasteiger partial charge on any atom is -0.348 e. The molecule has 0 spiro atoms. The summed E-state index contributed by atoms with van der Waals surface area (Å²) in [6, 6.07) is 13.2. The molecule has 3 aromatic heterocycles. The quantitative estimate of drug-likeness (QED) is 0.576. The van der Waals surface area contributed by atoms with Gasteiger partial charge in [-0.05, 0) is 29.3 Å². The largest absolute Gasteiger partial charge is 0.348 e. The van der Waals surface area contributed by atoms with Gasteiger partial charge in [0.05, 0.1) is 11.3 Å². The molecule has 0 aliphatic rings. The molecule has 0 atom stereocenters. The first-order chi connectivity index (χ1) is 12.8. The first kappa shape index (κ1) is 15.7. The van der Waals surface area contributed by atoms with Crippen molar-refractivity contribution in [3.8, 4) is 17.1 Å². The van der Waals surface area contributed by atoms with Gasteiger partial charge in [0.25, 0.3) is 5.91 Å². The van der Waals surface area contributed by atoms with Gasteiger partial charge in [0.1, 0.15) is 12.7 Å². The van der Waals surface area contributed by atoms with E-state index in [1.165, 1.54) is 17.3 Å². The number of H-pyrrole nitrogens is 1. The highest BCUT2D eigenvalue weighted by Gasteiger charge is 2.14. The van der Waals surface area contributed by atoms with Crippen molar-refractivity contribution < 1.29 is 4.79 Å². The maximum Gasteiger partial charge on any atom is 0.255 e. The van der Waals surface area contributed by atoms with E-state index in [0.717, 1.165) is 16.8 Å². The Morgan fingerprint density at radius 2 is 2.00 bits per heavy atom. The molecule has 2 N–H and O–H groups in total. The van der Waals surface area contributed by atoms with E-state index in [2.05, 4.69) is 30.6 Å². The van der Waals surface area contributed by atoms with Gasteiger partial charge in [0, 0.05) is 18.9 Å². The van der Waals surface area contributed by atoms with Crippen LogP contribution in [0.5, 0.6) is 0 Å². The first-order valence-corrected chi connectivity index (χ1v) is 7.98. The topological polar surface area (TPSA) is 101 Å². The Labute approximate surface area is 148 Å². The van der Waals surface area contributed by atoms with Gasteiger partial charge < -0.3 is 5.32 Å². The molecule has 0 aliphatic heterocycles. The molecule has 0 fully saturated rings. The van der Waals surface area contributed by atoms with E-state index < -0.39 is 0 Å². The number of aromatic amines is 1. The van der Waals surface area contributed by atoms with E-state index in [9.17, 15) is 4.79 Å². The highest BCUT2D eigenvalue weighted by Crippen LogP contribution is 2.17. The Kier molecular flexibility index (Phi) is 4.21. The summed E-state index contributed by atoms with van der Waals surface area (Å²) >= 11 is 0. The van der Waals surface area contributed by atoms with Gasteiger partial charge >= 0.3 is 0 Å². The average Bonchev–Trinajstić information content (AvgIpc) is 3.40. The molecule has 128 valence electrons. The SMILES string of the molecule is O=C(NCc1ccc(-c2ccn[nH]2)cc1)c1cccnc1-n1cncn1. The molecule has 1 aromatic carbocycles. The number of carbonyl (C=O) groups excluding carboxylic acids is 1. The highest BCUT2D eigenvalue weighted by molar-refractivity contribution is 5.97. The number of nitrogens with one attached hydrogen (secondary N) is 2. The van der Waals surface area contributed by atoms with Gasteiger partial charge in [-0.25, -0.2) is 14.6 Å². The zero-order valence-electron chi connectivity index (χ0n) is 13.7. The molecule has 0 saturated carbocycles. The fourth-order valence-electron chi connectivity index (χ4n) is 2.57. The lowest BCUT2D eigenvalue weighted by atomic mass is 10.1. The minimum atomic E-state index is -0.221. The van der Waals surface area contributed by atoms with E-state index in [1.807, 2.05) is 30.3 Å². The normalized spacial score (nSPS) is 10.6. The maximum absolute atomic E-state index is 12.6. The molecular formula is C18H15N7O. The summed E-state index contributed by atoms with van der Waals surface area (Å²) in [5.74, 6) is 0.221. The molecule has 0 bridgehead atoms. The number of pyridine rings is 1. The van der Waals surface area contributed by atoms with Gasteiger partial charge in [-0.2, -0.15) is 10.2 Å². The Morgan fingerprint density at radius 1 is 1.12 bits per heavy atom. The molecule has 0 saturated heterocycles. The Hall–Kier alpha value is -3.81. The summed E-state index contributed by atoms with van der Waals surface area (Å²) in [4.78, 5) is 20.7. The lowest BCUT2D eigenvalue weighted by Gasteiger charge is -2.09. The van der Waals surface area contributed by atoms with Crippen LogP contribution in [0.3, 0.4) is 0 Å². The van der Waals surface area contributed by atoms with E-state index in [-0.39, 0.29) is 5.91 Å². The Morgan fingerprint density at radius 3 is 2.73 bits per heavy atom. The molecule has 0 aliphatic carbocycles. The number of nitrogens with zero attached hydrogens (tertiary/aromatic N) is 5. The van der Waals surface area contributed by atoms with Crippen LogP contribution >= 0.6 is 0 Å². The zero-order valence-corrected chi connectivity index (χ0v) is 13.7. The lowest BCUT2D eigenvalue weighted by molar-refractivity contribution is 0.0950. The average molecular weight is 345 g/mol. The zero-order chi connectivity index (χ0) is 17.8. The molecule has 8 heteroatoms. The van der Waals surface area contributed by atoms with Gasteiger partial charge in [-0.1, -0.05) is 24.3 Å². The third kappa shape index (κ3) is 3.20. The van der Waals surface area contributed by atoms with Crippen LogP contribution in [0.2, 0.25) is 0 Å². The number of rotatable bonds is 5. The van der Waals surface area contributed by atoms with Gasteiger partial charge in [-0.3, -0.25) is 9.89 Å². The fraction of sp³-hybridized carbons (Fsp3) is 0.0556. The summed E-state index contributed by atoms with van der Waals surface area (Å²) in [5, 5.41) is 13.8. The molecule has 0 unspecified atom stereocenters. The summed E-state index contributed by atoms with van der Waals surface area (Å²) in [6.07, 6.45) is 6.23. The summed E-state index contributed by atoms with van der Waals surface area (Å²) in [5.41, 5.74) is 3.42. The molecule has 3 heterocycles. The molecule has 8 nitrogen and oxygen atoms in total. The van der Waals surface area contributed by atoms with E-state index >= 15 is 0 Å². The second-order valence-corrected chi connectivity index (χ2v) is 5.56. The van der Waals surface area contributed by atoms with Crippen LogP contribution in [-0.4, -0.2) is 35.9 Å². The molecule has 0 radical (unpaired) electrons. The second-order valence-electron chi connectivity index (χ2n) is 5.56. The van der Waals surface area contributed by atoms with Crippen molar-refractivity contribution in [3.63, 3.8) is 0 Å². The van der Waals surface area contributed by atoms with Gasteiger partial charge in [-0.15, -0.1) is 0 Å². The third-order valence-corrected chi connectivity index (χ3v) is 3.89. The maximum atomic E-state index is 12.6. The first-order valence-electron chi connectivity index (χ1n) is 7.98.